The number of morpholine rings is 1. The summed E-state index contributed by atoms with van der Waals surface area (Å²) >= 11 is 0. The molecule has 5 rings (SSSR count). The van der Waals surface area contributed by atoms with Crippen LogP contribution >= 0.6 is 0 Å². The summed E-state index contributed by atoms with van der Waals surface area (Å²) in [4.78, 5) is 32.2. The van der Waals surface area contributed by atoms with E-state index in [1.165, 1.54) is 6.33 Å². The van der Waals surface area contributed by atoms with Crippen molar-refractivity contribution in [2.24, 2.45) is 0 Å². The predicted molar refractivity (Wildman–Crippen MR) is 127 cm³/mol. The van der Waals surface area contributed by atoms with E-state index in [4.69, 9.17) is 14.2 Å². The number of amides is 1. The van der Waals surface area contributed by atoms with Crippen molar-refractivity contribution in [1.29, 1.82) is 0 Å². The van der Waals surface area contributed by atoms with Gasteiger partial charge in [-0.1, -0.05) is 12.1 Å². The van der Waals surface area contributed by atoms with Gasteiger partial charge in [-0.25, -0.2) is 19.9 Å². The number of hydrogen-bond acceptors (Lipinski definition) is 8. The molecule has 1 aromatic carbocycles. The Hall–Kier alpha value is -4.37. The molecule has 9 heteroatoms. The SMILES string of the molecule is COc1ccc(Oc2cccc([C@@H]3CN(C(=O)c4cccc(-c5cncnc5)n4)CCO3)n2)cc1. The molecule has 1 saturated heterocycles. The molecule has 1 atom stereocenters. The summed E-state index contributed by atoms with van der Waals surface area (Å²) in [5.74, 6) is 1.67. The molecule has 1 amide bonds. The molecule has 0 aliphatic carbocycles. The van der Waals surface area contributed by atoms with Crippen molar-refractivity contribution in [3.63, 3.8) is 0 Å². The molecule has 1 aliphatic heterocycles. The Morgan fingerprint density at radius 1 is 0.971 bits per heavy atom. The highest BCUT2D eigenvalue weighted by Crippen LogP contribution is 2.27. The van der Waals surface area contributed by atoms with Crippen LogP contribution in [0, 0.1) is 0 Å². The van der Waals surface area contributed by atoms with Crippen LogP contribution < -0.4 is 9.47 Å². The minimum Gasteiger partial charge on any atom is -0.497 e. The summed E-state index contributed by atoms with van der Waals surface area (Å²) in [5.41, 5.74) is 2.44. The Morgan fingerprint density at radius 3 is 2.54 bits per heavy atom. The second-order valence-electron chi connectivity index (χ2n) is 7.82. The molecular weight excluding hydrogens is 446 g/mol. The molecule has 35 heavy (non-hydrogen) atoms. The van der Waals surface area contributed by atoms with Gasteiger partial charge in [-0.2, -0.15) is 0 Å². The van der Waals surface area contributed by atoms with Crippen LogP contribution in [-0.2, 0) is 4.74 Å². The van der Waals surface area contributed by atoms with Gasteiger partial charge >= 0.3 is 0 Å². The summed E-state index contributed by atoms with van der Waals surface area (Å²) < 4.78 is 17.0. The van der Waals surface area contributed by atoms with E-state index >= 15 is 0 Å². The quantitative estimate of drug-likeness (QED) is 0.419. The normalized spacial score (nSPS) is 15.5. The number of carbonyl (C=O) groups is 1. The summed E-state index contributed by atoms with van der Waals surface area (Å²) in [5, 5.41) is 0. The zero-order chi connectivity index (χ0) is 24.0. The highest BCUT2D eigenvalue weighted by Gasteiger charge is 2.28. The second kappa shape index (κ2) is 10.3. The lowest BCUT2D eigenvalue weighted by Gasteiger charge is -2.32. The summed E-state index contributed by atoms with van der Waals surface area (Å²) in [6.45, 7) is 1.23. The van der Waals surface area contributed by atoms with E-state index in [0.29, 0.717) is 48.4 Å². The van der Waals surface area contributed by atoms with Crippen molar-refractivity contribution in [1.82, 2.24) is 24.8 Å². The van der Waals surface area contributed by atoms with Crippen LogP contribution in [0.5, 0.6) is 17.4 Å². The summed E-state index contributed by atoms with van der Waals surface area (Å²) in [7, 11) is 1.62. The molecule has 1 fully saturated rings. The molecule has 4 heterocycles. The van der Waals surface area contributed by atoms with E-state index in [1.807, 2.05) is 48.5 Å². The molecule has 4 aromatic rings. The van der Waals surface area contributed by atoms with Gasteiger partial charge in [0.15, 0.2) is 0 Å². The van der Waals surface area contributed by atoms with Gasteiger partial charge in [0.1, 0.15) is 29.6 Å². The zero-order valence-corrected chi connectivity index (χ0v) is 19.1. The maximum Gasteiger partial charge on any atom is 0.272 e. The molecule has 1 aliphatic rings. The van der Waals surface area contributed by atoms with Crippen molar-refractivity contribution < 1.29 is 19.0 Å². The highest BCUT2D eigenvalue weighted by molar-refractivity contribution is 5.93. The summed E-state index contributed by atoms with van der Waals surface area (Å²) in [6.07, 6.45) is 4.41. The van der Waals surface area contributed by atoms with Crippen LogP contribution in [0.4, 0.5) is 0 Å². The number of hydrogen-bond donors (Lipinski definition) is 0. The number of carbonyl (C=O) groups excluding carboxylic acids is 1. The van der Waals surface area contributed by atoms with E-state index in [9.17, 15) is 4.79 Å². The smallest absolute Gasteiger partial charge is 0.272 e. The maximum absolute atomic E-state index is 13.2. The second-order valence-corrected chi connectivity index (χ2v) is 7.82. The van der Waals surface area contributed by atoms with Gasteiger partial charge in [0.25, 0.3) is 5.91 Å². The molecule has 3 aromatic heterocycles. The number of aromatic nitrogens is 4. The number of pyridine rings is 2. The first-order valence-corrected chi connectivity index (χ1v) is 11.1. The van der Waals surface area contributed by atoms with Crippen molar-refractivity contribution in [2.75, 3.05) is 26.8 Å². The van der Waals surface area contributed by atoms with Gasteiger partial charge in [0.2, 0.25) is 5.88 Å². The van der Waals surface area contributed by atoms with Gasteiger partial charge < -0.3 is 19.1 Å². The van der Waals surface area contributed by atoms with E-state index in [0.717, 1.165) is 11.3 Å². The first-order chi connectivity index (χ1) is 17.2. The number of ether oxygens (including phenoxy) is 3. The maximum atomic E-state index is 13.2. The number of benzene rings is 1. The van der Waals surface area contributed by atoms with E-state index in [-0.39, 0.29) is 12.0 Å². The molecular formula is C26H23N5O4. The third-order valence-electron chi connectivity index (χ3n) is 5.54. The van der Waals surface area contributed by atoms with Crippen LogP contribution in [0.2, 0.25) is 0 Å². The Bertz CT molecular complexity index is 1300. The average Bonchev–Trinajstić information content (AvgIpc) is 2.94. The molecule has 9 nitrogen and oxygen atoms in total. The molecule has 176 valence electrons. The minimum atomic E-state index is -0.377. The van der Waals surface area contributed by atoms with Gasteiger partial charge in [0.05, 0.1) is 31.6 Å². The Balaban J connectivity index is 1.29. The fraction of sp³-hybridized carbons (Fsp3) is 0.192. The predicted octanol–water partition coefficient (Wildman–Crippen LogP) is 3.95. The first kappa shape index (κ1) is 22.4. The lowest BCUT2D eigenvalue weighted by atomic mass is 10.1. The molecule has 0 N–H and O–H groups in total. The minimum absolute atomic E-state index is 0.164. The Kier molecular flexibility index (Phi) is 6.58. The Morgan fingerprint density at radius 2 is 1.74 bits per heavy atom. The molecule has 0 bridgehead atoms. The van der Waals surface area contributed by atoms with Crippen LogP contribution in [-0.4, -0.2) is 57.5 Å². The van der Waals surface area contributed by atoms with E-state index in [2.05, 4.69) is 19.9 Å². The van der Waals surface area contributed by atoms with E-state index in [1.54, 1.807) is 36.5 Å². The van der Waals surface area contributed by atoms with Gasteiger partial charge in [-0.3, -0.25) is 4.79 Å². The van der Waals surface area contributed by atoms with Crippen molar-refractivity contribution in [3.05, 3.63) is 90.8 Å². The van der Waals surface area contributed by atoms with E-state index < -0.39 is 0 Å². The fourth-order valence-electron chi connectivity index (χ4n) is 3.75. The highest BCUT2D eigenvalue weighted by atomic mass is 16.5. The van der Waals surface area contributed by atoms with Gasteiger partial charge in [0, 0.05) is 30.6 Å². The van der Waals surface area contributed by atoms with Crippen molar-refractivity contribution >= 4 is 5.91 Å². The topological polar surface area (TPSA) is 99.6 Å². The molecule has 0 radical (unpaired) electrons. The zero-order valence-electron chi connectivity index (χ0n) is 19.1. The average molecular weight is 470 g/mol. The van der Waals surface area contributed by atoms with Gasteiger partial charge in [-0.15, -0.1) is 0 Å². The van der Waals surface area contributed by atoms with Crippen LogP contribution in [0.25, 0.3) is 11.3 Å². The molecule has 0 spiro atoms. The Labute approximate surface area is 202 Å². The lowest BCUT2D eigenvalue weighted by molar-refractivity contribution is -0.0250. The summed E-state index contributed by atoms with van der Waals surface area (Å²) in [6, 6.07) is 18.1. The van der Waals surface area contributed by atoms with Crippen LogP contribution in [0.1, 0.15) is 22.3 Å². The monoisotopic (exact) mass is 469 g/mol. The number of methoxy groups -OCH3 is 1. The standard InChI is InChI=1S/C26H23N5O4/c1-33-19-8-10-20(11-9-19)35-25-7-3-5-22(30-25)24-16-31(12-13-34-24)26(32)23-6-2-4-21(29-23)18-14-27-17-28-15-18/h2-11,14-15,17,24H,12-13,16H2,1H3/t24-/m0/s1. The lowest BCUT2D eigenvalue weighted by Crippen LogP contribution is -2.42. The third-order valence-corrected chi connectivity index (χ3v) is 5.54. The molecule has 0 unspecified atom stereocenters. The number of nitrogens with zero attached hydrogens (tertiary/aromatic N) is 5. The largest absolute Gasteiger partial charge is 0.497 e. The van der Waals surface area contributed by atoms with Crippen molar-refractivity contribution in [3.8, 4) is 28.6 Å². The molecule has 0 saturated carbocycles. The fourth-order valence-corrected chi connectivity index (χ4v) is 3.75. The van der Waals surface area contributed by atoms with Crippen molar-refractivity contribution in [2.45, 2.75) is 6.10 Å². The van der Waals surface area contributed by atoms with Gasteiger partial charge in [-0.05, 0) is 42.5 Å². The first-order valence-electron chi connectivity index (χ1n) is 11.1. The van der Waals surface area contributed by atoms with Crippen LogP contribution in [0.15, 0.2) is 79.4 Å². The third kappa shape index (κ3) is 5.25. The van der Waals surface area contributed by atoms with Crippen LogP contribution in [0.3, 0.4) is 0 Å². The number of rotatable bonds is 6.